The lowest BCUT2D eigenvalue weighted by atomic mass is 9.97. The second kappa shape index (κ2) is 6.06. The number of aromatic nitrogens is 1. The molecule has 0 amide bonds. The van der Waals surface area contributed by atoms with Gasteiger partial charge in [0.05, 0.1) is 6.61 Å². The summed E-state index contributed by atoms with van der Waals surface area (Å²) in [5, 5.41) is 0. The fraction of sp³-hybridized carbons (Fsp3) is 0.692. The van der Waals surface area contributed by atoms with Crippen molar-refractivity contribution in [3.8, 4) is 0 Å². The van der Waals surface area contributed by atoms with Crippen LogP contribution in [0.4, 0.5) is 6.01 Å². The van der Waals surface area contributed by atoms with E-state index in [9.17, 15) is 4.79 Å². The lowest BCUT2D eigenvalue weighted by molar-refractivity contribution is 0.0519. The van der Waals surface area contributed by atoms with Gasteiger partial charge >= 0.3 is 5.97 Å². The van der Waals surface area contributed by atoms with Gasteiger partial charge in [-0.25, -0.2) is 4.79 Å². The van der Waals surface area contributed by atoms with Gasteiger partial charge in [-0.15, -0.1) is 0 Å². The van der Waals surface area contributed by atoms with Crippen LogP contribution in [0, 0.1) is 0 Å². The van der Waals surface area contributed by atoms with Crippen LogP contribution in [0.2, 0.25) is 0 Å². The Hall–Kier alpha value is -1.56. The van der Waals surface area contributed by atoms with Gasteiger partial charge in [0, 0.05) is 18.6 Å². The number of anilines is 1. The number of oxazole rings is 1. The van der Waals surface area contributed by atoms with Crippen LogP contribution in [-0.4, -0.2) is 36.2 Å². The average molecular weight is 267 g/mol. The van der Waals surface area contributed by atoms with E-state index in [1.807, 2.05) is 6.92 Å². The van der Waals surface area contributed by atoms with E-state index in [-0.39, 0.29) is 17.8 Å². The summed E-state index contributed by atoms with van der Waals surface area (Å²) in [7, 11) is 0. The number of ether oxygens (including phenoxy) is 1. The van der Waals surface area contributed by atoms with Crippen LogP contribution in [0.5, 0.6) is 0 Å². The van der Waals surface area contributed by atoms with Crippen molar-refractivity contribution < 1.29 is 13.9 Å². The second-order valence-corrected chi connectivity index (χ2v) is 4.85. The average Bonchev–Trinajstić information content (AvgIpc) is 2.88. The van der Waals surface area contributed by atoms with E-state index >= 15 is 0 Å². The van der Waals surface area contributed by atoms with Gasteiger partial charge in [0.1, 0.15) is 6.26 Å². The molecule has 2 atom stereocenters. The first-order valence-corrected chi connectivity index (χ1v) is 6.78. The normalized spacial score (nSPS) is 21.2. The van der Waals surface area contributed by atoms with E-state index in [4.69, 9.17) is 14.9 Å². The Morgan fingerprint density at radius 1 is 1.68 bits per heavy atom. The van der Waals surface area contributed by atoms with Gasteiger partial charge < -0.3 is 19.8 Å². The van der Waals surface area contributed by atoms with Gasteiger partial charge in [0.25, 0.3) is 6.01 Å². The summed E-state index contributed by atoms with van der Waals surface area (Å²) in [5.74, 6) is -0.452. The van der Waals surface area contributed by atoms with Crippen molar-refractivity contribution in [3.05, 3.63) is 12.0 Å². The number of carbonyl (C=O) groups excluding carboxylic acids is 1. The molecular weight excluding hydrogens is 246 g/mol. The van der Waals surface area contributed by atoms with Crippen molar-refractivity contribution in [1.29, 1.82) is 0 Å². The number of esters is 1. The van der Waals surface area contributed by atoms with Crippen molar-refractivity contribution in [2.75, 3.05) is 18.1 Å². The molecule has 19 heavy (non-hydrogen) atoms. The first-order chi connectivity index (χ1) is 9.13. The minimum atomic E-state index is -0.452. The molecule has 1 aliphatic rings. The topological polar surface area (TPSA) is 81.6 Å². The molecule has 2 rings (SSSR count). The largest absolute Gasteiger partial charge is 0.461 e. The highest BCUT2D eigenvalue weighted by Crippen LogP contribution is 2.25. The number of carbonyl (C=O) groups is 1. The van der Waals surface area contributed by atoms with Gasteiger partial charge in [0.15, 0.2) is 5.69 Å². The quantitative estimate of drug-likeness (QED) is 0.834. The van der Waals surface area contributed by atoms with Crippen molar-refractivity contribution in [1.82, 2.24) is 4.98 Å². The lowest BCUT2D eigenvalue weighted by Gasteiger charge is -2.36. The molecule has 1 aliphatic heterocycles. The van der Waals surface area contributed by atoms with Crippen LogP contribution >= 0.6 is 0 Å². The smallest absolute Gasteiger partial charge is 0.360 e. The van der Waals surface area contributed by atoms with Gasteiger partial charge in [-0.05, 0) is 33.1 Å². The zero-order valence-corrected chi connectivity index (χ0v) is 11.5. The molecule has 2 N–H and O–H groups in total. The second-order valence-electron chi connectivity index (χ2n) is 4.85. The maximum Gasteiger partial charge on any atom is 0.360 e. The fourth-order valence-electron chi connectivity index (χ4n) is 2.44. The standard InChI is InChI=1S/C13H21N3O3/c1-3-18-12(17)10-8-19-13(15-10)16-7-5-4-6-11(16)9(2)14/h8-9,11H,3-7,14H2,1-2H3. The Balaban J connectivity index is 2.14. The number of hydrogen-bond donors (Lipinski definition) is 1. The predicted octanol–water partition coefficient (Wildman–Crippen LogP) is 1.56. The number of nitrogens with zero attached hydrogens (tertiary/aromatic N) is 2. The third-order valence-corrected chi connectivity index (χ3v) is 3.38. The number of rotatable bonds is 4. The summed E-state index contributed by atoms with van der Waals surface area (Å²) < 4.78 is 10.3. The summed E-state index contributed by atoms with van der Waals surface area (Å²) in [4.78, 5) is 17.8. The SMILES string of the molecule is CCOC(=O)c1coc(N2CCCCC2C(C)N)n1. The predicted molar refractivity (Wildman–Crippen MR) is 71.1 cm³/mol. The van der Waals surface area contributed by atoms with Gasteiger partial charge in [-0.1, -0.05) is 0 Å². The molecule has 6 heteroatoms. The van der Waals surface area contributed by atoms with Crippen molar-refractivity contribution in [2.45, 2.75) is 45.2 Å². The van der Waals surface area contributed by atoms with E-state index in [0.717, 1.165) is 25.8 Å². The molecule has 6 nitrogen and oxygen atoms in total. The van der Waals surface area contributed by atoms with E-state index in [1.165, 1.54) is 6.26 Å². The van der Waals surface area contributed by atoms with Crippen LogP contribution in [0.15, 0.2) is 10.7 Å². The third-order valence-electron chi connectivity index (χ3n) is 3.38. The minimum Gasteiger partial charge on any atom is -0.461 e. The maximum absolute atomic E-state index is 11.6. The molecule has 0 bridgehead atoms. The Morgan fingerprint density at radius 3 is 3.16 bits per heavy atom. The summed E-state index contributed by atoms with van der Waals surface area (Å²) in [6, 6.07) is 0.714. The van der Waals surface area contributed by atoms with Crippen LogP contribution in [0.3, 0.4) is 0 Å². The molecule has 0 aromatic carbocycles. The Labute approximate surface area is 112 Å². The molecule has 1 fully saturated rings. The van der Waals surface area contributed by atoms with Crippen molar-refractivity contribution in [2.24, 2.45) is 5.73 Å². The molecule has 0 radical (unpaired) electrons. The fourth-order valence-corrected chi connectivity index (χ4v) is 2.44. The lowest BCUT2D eigenvalue weighted by Crippen LogP contribution is -2.49. The third kappa shape index (κ3) is 3.07. The Kier molecular flexibility index (Phi) is 4.42. The van der Waals surface area contributed by atoms with Gasteiger partial charge in [0.2, 0.25) is 0 Å². The van der Waals surface area contributed by atoms with Gasteiger partial charge in [-0.3, -0.25) is 0 Å². The van der Waals surface area contributed by atoms with E-state index in [1.54, 1.807) is 6.92 Å². The van der Waals surface area contributed by atoms with Crippen molar-refractivity contribution in [3.63, 3.8) is 0 Å². The number of nitrogens with two attached hydrogens (primary N) is 1. The Bertz CT molecular complexity index is 431. The zero-order chi connectivity index (χ0) is 13.8. The molecule has 1 aromatic rings. The van der Waals surface area contributed by atoms with E-state index in [2.05, 4.69) is 9.88 Å². The molecule has 106 valence electrons. The van der Waals surface area contributed by atoms with Crippen LogP contribution < -0.4 is 10.6 Å². The number of piperidine rings is 1. The highest BCUT2D eigenvalue weighted by molar-refractivity contribution is 5.87. The zero-order valence-electron chi connectivity index (χ0n) is 11.5. The molecule has 0 spiro atoms. The summed E-state index contributed by atoms with van der Waals surface area (Å²) in [6.07, 6.45) is 4.61. The highest BCUT2D eigenvalue weighted by atomic mass is 16.5. The molecule has 1 aromatic heterocycles. The van der Waals surface area contributed by atoms with Crippen LogP contribution in [0.1, 0.15) is 43.6 Å². The number of hydrogen-bond acceptors (Lipinski definition) is 6. The first-order valence-electron chi connectivity index (χ1n) is 6.78. The monoisotopic (exact) mass is 267 g/mol. The van der Waals surface area contributed by atoms with E-state index in [0.29, 0.717) is 12.6 Å². The molecule has 2 unspecified atom stereocenters. The van der Waals surface area contributed by atoms with Crippen LogP contribution in [0.25, 0.3) is 0 Å². The van der Waals surface area contributed by atoms with Gasteiger partial charge in [-0.2, -0.15) is 4.98 Å². The maximum atomic E-state index is 11.6. The molecule has 1 saturated heterocycles. The molecule has 2 heterocycles. The van der Waals surface area contributed by atoms with Crippen LogP contribution in [-0.2, 0) is 4.74 Å². The highest BCUT2D eigenvalue weighted by Gasteiger charge is 2.29. The Morgan fingerprint density at radius 2 is 2.47 bits per heavy atom. The summed E-state index contributed by atoms with van der Waals surface area (Å²) >= 11 is 0. The summed E-state index contributed by atoms with van der Waals surface area (Å²) in [6.45, 7) is 4.93. The van der Waals surface area contributed by atoms with E-state index < -0.39 is 5.97 Å². The molecule has 0 aliphatic carbocycles. The first kappa shape index (κ1) is 13.9. The van der Waals surface area contributed by atoms with Crippen molar-refractivity contribution >= 4 is 12.0 Å². The minimum absolute atomic E-state index is 0.0400. The summed E-state index contributed by atoms with van der Waals surface area (Å²) in [5.41, 5.74) is 6.22. The molecular formula is C13H21N3O3. The molecule has 0 saturated carbocycles.